The molecule has 1 heterocycles. The molecular formula is C26H36N2O5S. The molecular weight excluding hydrogens is 452 g/mol. The Morgan fingerprint density at radius 1 is 1.09 bits per heavy atom. The van der Waals surface area contributed by atoms with Gasteiger partial charge in [0.2, 0.25) is 0 Å². The molecule has 0 aliphatic heterocycles. The highest BCUT2D eigenvalue weighted by molar-refractivity contribution is 7.07. The number of ether oxygens (including phenoxy) is 2. The van der Waals surface area contributed by atoms with E-state index in [1.165, 1.54) is 17.4 Å². The fourth-order valence-electron chi connectivity index (χ4n) is 3.40. The molecule has 0 atom stereocenters. The van der Waals surface area contributed by atoms with Crippen LogP contribution >= 0.6 is 11.3 Å². The predicted molar refractivity (Wildman–Crippen MR) is 137 cm³/mol. The van der Waals surface area contributed by atoms with Crippen molar-refractivity contribution in [3.63, 3.8) is 0 Å². The van der Waals surface area contributed by atoms with Gasteiger partial charge in [-0.25, -0.2) is 0 Å². The monoisotopic (exact) mass is 488 g/mol. The number of carbonyl (C=O) groups excluding carboxylic acids is 2. The van der Waals surface area contributed by atoms with E-state index in [4.69, 9.17) is 9.47 Å². The topological polar surface area (TPSA) is 88.7 Å². The fraction of sp³-hybridized carbons (Fsp3) is 0.500. The summed E-state index contributed by atoms with van der Waals surface area (Å²) in [5, 5.41) is 0. The highest BCUT2D eigenvalue weighted by atomic mass is 32.1. The summed E-state index contributed by atoms with van der Waals surface area (Å²) in [5.74, 6) is 0.804. The first-order valence-electron chi connectivity index (χ1n) is 11.5. The first-order valence-corrected chi connectivity index (χ1v) is 12.3. The maximum atomic E-state index is 12.6. The molecule has 7 nitrogen and oxygen atoms in total. The largest absolute Gasteiger partial charge is 0.490 e. The van der Waals surface area contributed by atoms with Crippen LogP contribution in [0.25, 0.3) is 12.2 Å². The van der Waals surface area contributed by atoms with E-state index in [1.807, 2.05) is 55.4 Å². The molecule has 0 spiro atoms. The lowest BCUT2D eigenvalue weighted by atomic mass is 9.91. The van der Waals surface area contributed by atoms with Crippen LogP contribution in [0, 0.1) is 5.41 Å². The SMILES string of the molecule is CCOc1cc(/C=c2/s/c(=C/C(=O)C(C)(C)C)[nH]c2=O)ccc1OCC(=O)N(C(C)C)C(C)C. The molecule has 8 heteroatoms. The first kappa shape index (κ1) is 27.4. The van der Waals surface area contributed by atoms with Crippen molar-refractivity contribution in [2.45, 2.75) is 67.5 Å². The summed E-state index contributed by atoms with van der Waals surface area (Å²) in [6.07, 6.45) is 3.21. The second-order valence-corrected chi connectivity index (χ2v) is 10.7. The second kappa shape index (κ2) is 11.5. The number of rotatable bonds is 9. The summed E-state index contributed by atoms with van der Waals surface area (Å²) in [4.78, 5) is 41.8. The predicted octanol–water partition coefficient (Wildman–Crippen LogP) is 3.08. The normalized spacial score (nSPS) is 13.0. The van der Waals surface area contributed by atoms with E-state index in [0.29, 0.717) is 27.3 Å². The average molecular weight is 489 g/mol. The molecule has 0 radical (unpaired) electrons. The second-order valence-electron chi connectivity index (χ2n) is 9.60. The summed E-state index contributed by atoms with van der Waals surface area (Å²) in [5.41, 5.74) is -0.0334. The van der Waals surface area contributed by atoms with Gasteiger partial charge in [-0.1, -0.05) is 26.8 Å². The molecule has 0 bridgehead atoms. The molecule has 34 heavy (non-hydrogen) atoms. The molecule has 1 aromatic heterocycles. The highest BCUT2D eigenvalue weighted by Crippen LogP contribution is 2.29. The van der Waals surface area contributed by atoms with Gasteiger partial charge in [-0.2, -0.15) is 0 Å². The number of thiazole rings is 1. The number of Topliss-reactive ketones (excluding diaryl/α,β-unsaturated/α-hetero) is 1. The molecule has 2 rings (SSSR count). The Hall–Kier alpha value is -2.87. The Morgan fingerprint density at radius 2 is 1.74 bits per heavy atom. The van der Waals surface area contributed by atoms with Crippen LogP contribution in [0.3, 0.4) is 0 Å². The molecule has 1 aromatic carbocycles. The summed E-state index contributed by atoms with van der Waals surface area (Å²) in [7, 11) is 0. The van der Waals surface area contributed by atoms with E-state index in [1.54, 1.807) is 29.2 Å². The van der Waals surface area contributed by atoms with E-state index in [-0.39, 0.29) is 35.9 Å². The maximum Gasteiger partial charge on any atom is 0.266 e. The zero-order chi connectivity index (χ0) is 25.6. The third-order valence-electron chi connectivity index (χ3n) is 5.00. The van der Waals surface area contributed by atoms with Crippen LogP contribution in [0.15, 0.2) is 23.0 Å². The number of aromatic nitrogens is 1. The number of nitrogens with one attached hydrogen (secondary N) is 1. The average Bonchev–Trinajstić information content (AvgIpc) is 3.05. The Balaban J connectivity index is 2.32. The molecule has 1 amide bonds. The lowest BCUT2D eigenvalue weighted by molar-refractivity contribution is -0.137. The number of aromatic amines is 1. The quantitative estimate of drug-likeness (QED) is 0.586. The molecule has 186 valence electrons. The number of hydrogen-bond donors (Lipinski definition) is 1. The molecule has 0 aliphatic carbocycles. The number of H-pyrrole nitrogens is 1. The third-order valence-corrected chi connectivity index (χ3v) is 5.96. The zero-order valence-corrected chi connectivity index (χ0v) is 22.2. The number of benzene rings is 1. The van der Waals surface area contributed by atoms with Crippen LogP contribution in [-0.2, 0) is 9.59 Å². The molecule has 0 fully saturated rings. The molecule has 0 saturated carbocycles. The summed E-state index contributed by atoms with van der Waals surface area (Å²) in [6, 6.07) is 5.45. The number of ketones is 1. The summed E-state index contributed by atoms with van der Waals surface area (Å²) < 4.78 is 12.5. The van der Waals surface area contributed by atoms with Gasteiger partial charge in [0, 0.05) is 23.6 Å². The lowest BCUT2D eigenvalue weighted by Gasteiger charge is -2.30. The van der Waals surface area contributed by atoms with E-state index in [9.17, 15) is 14.4 Å². The van der Waals surface area contributed by atoms with E-state index in [2.05, 4.69) is 4.98 Å². The van der Waals surface area contributed by atoms with Crippen LogP contribution in [0.2, 0.25) is 0 Å². The van der Waals surface area contributed by atoms with Crippen molar-refractivity contribution in [2.75, 3.05) is 13.2 Å². The van der Waals surface area contributed by atoms with Crippen LogP contribution in [0.4, 0.5) is 0 Å². The van der Waals surface area contributed by atoms with Gasteiger partial charge in [-0.3, -0.25) is 14.4 Å². The van der Waals surface area contributed by atoms with Crippen molar-refractivity contribution in [2.24, 2.45) is 5.41 Å². The summed E-state index contributed by atoms with van der Waals surface area (Å²) >= 11 is 1.22. The van der Waals surface area contributed by atoms with Crippen molar-refractivity contribution < 1.29 is 19.1 Å². The Kier molecular flexibility index (Phi) is 9.27. The number of hydrogen-bond acceptors (Lipinski definition) is 6. The number of carbonyl (C=O) groups is 2. The minimum absolute atomic E-state index is 0.0558. The van der Waals surface area contributed by atoms with Gasteiger partial charge in [-0.15, -0.1) is 11.3 Å². The van der Waals surface area contributed by atoms with Gasteiger partial charge in [0.15, 0.2) is 23.9 Å². The minimum Gasteiger partial charge on any atom is -0.490 e. The van der Waals surface area contributed by atoms with Gasteiger partial charge in [0.1, 0.15) is 0 Å². The van der Waals surface area contributed by atoms with Crippen LogP contribution in [-0.4, -0.2) is 46.9 Å². The van der Waals surface area contributed by atoms with Crippen LogP contribution in [0.1, 0.15) is 61.0 Å². The van der Waals surface area contributed by atoms with Crippen molar-refractivity contribution in [3.05, 3.63) is 43.3 Å². The Morgan fingerprint density at radius 3 is 2.29 bits per heavy atom. The zero-order valence-electron chi connectivity index (χ0n) is 21.4. The standard InChI is InChI=1S/C26H36N2O5S/c1-9-32-20-12-18(10-11-19(20)33-15-24(30)28(16(2)3)17(4)5)13-21-25(31)27-23(34-21)14-22(29)26(6,7)8/h10-14,16-17H,9,15H2,1-8H3,(H,27,31)/b21-13+,23-14+. The Labute approximate surface area is 205 Å². The molecule has 0 saturated heterocycles. The first-order chi connectivity index (χ1) is 15.8. The number of nitrogens with zero attached hydrogens (tertiary/aromatic N) is 1. The lowest BCUT2D eigenvalue weighted by Crippen LogP contribution is -2.44. The maximum absolute atomic E-state index is 12.6. The third kappa shape index (κ3) is 7.32. The van der Waals surface area contributed by atoms with Crippen molar-refractivity contribution in [3.8, 4) is 11.5 Å². The van der Waals surface area contributed by atoms with Gasteiger partial charge < -0.3 is 19.4 Å². The van der Waals surface area contributed by atoms with Gasteiger partial charge in [-0.05, 0) is 58.4 Å². The molecule has 0 unspecified atom stereocenters. The van der Waals surface area contributed by atoms with Crippen molar-refractivity contribution in [1.82, 2.24) is 9.88 Å². The Bertz CT molecular complexity index is 1180. The molecule has 0 aliphatic rings. The summed E-state index contributed by atoms with van der Waals surface area (Å²) in [6.45, 7) is 15.6. The number of amides is 1. The van der Waals surface area contributed by atoms with Crippen molar-refractivity contribution in [1.29, 1.82) is 0 Å². The van der Waals surface area contributed by atoms with Gasteiger partial charge in [0.05, 0.1) is 15.8 Å². The van der Waals surface area contributed by atoms with E-state index >= 15 is 0 Å². The molecule has 2 aromatic rings. The van der Waals surface area contributed by atoms with Crippen molar-refractivity contribution >= 4 is 35.2 Å². The molecule has 1 N–H and O–H groups in total. The van der Waals surface area contributed by atoms with E-state index < -0.39 is 5.41 Å². The van der Waals surface area contributed by atoms with Gasteiger partial charge >= 0.3 is 0 Å². The van der Waals surface area contributed by atoms with Crippen LogP contribution in [0.5, 0.6) is 11.5 Å². The van der Waals surface area contributed by atoms with E-state index in [0.717, 1.165) is 5.56 Å². The fourth-order valence-corrected chi connectivity index (χ4v) is 4.28. The minimum atomic E-state index is -0.518. The van der Waals surface area contributed by atoms with Crippen LogP contribution < -0.4 is 24.2 Å². The smallest absolute Gasteiger partial charge is 0.266 e. The highest BCUT2D eigenvalue weighted by Gasteiger charge is 2.21. The van der Waals surface area contributed by atoms with Gasteiger partial charge in [0.25, 0.3) is 11.5 Å².